The van der Waals surface area contributed by atoms with Crippen LogP contribution in [0.25, 0.3) is 0 Å². The van der Waals surface area contributed by atoms with E-state index in [1.165, 1.54) is 5.69 Å². The van der Waals surface area contributed by atoms with Crippen molar-refractivity contribution in [3.05, 3.63) is 17.5 Å². The maximum absolute atomic E-state index is 11.5. The van der Waals surface area contributed by atoms with Gasteiger partial charge in [0.05, 0.1) is 11.4 Å². The van der Waals surface area contributed by atoms with Gasteiger partial charge in [0.25, 0.3) is 0 Å². The van der Waals surface area contributed by atoms with E-state index in [4.69, 9.17) is 0 Å². The van der Waals surface area contributed by atoms with Gasteiger partial charge in [0.2, 0.25) is 0 Å². The van der Waals surface area contributed by atoms with Crippen molar-refractivity contribution in [3.8, 4) is 0 Å². The molecular formula is C13H25N3O2S. The molecular weight excluding hydrogens is 262 g/mol. The van der Waals surface area contributed by atoms with Gasteiger partial charge in [-0.3, -0.25) is 4.68 Å². The molecule has 5 nitrogen and oxygen atoms in total. The maximum atomic E-state index is 11.5. The van der Waals surface area contributed by atoms with Crippen LogP contribution in [0, 0.1) is 13.8 Å². The minimum Gasteiger partial charge on any atom is -0.316 e. The summed E-state index contributed by atoms with van der Waals surface area (Å²) in [4.78, 5) is 0. The highest BCUT2D eigenvalue weighted by Crippen LogP contribution is 2.02. The fourth-order valence-electron chi connectivity index (χ4n) is 2.02. The smallest absolute Gasteiger partial charge is 0.151 e. The van der Waals surface area contributed by atoms with Crippen LogP contribution >= 0.6 is 0 Å². The number of aromatic nitrogens is 2. The molecule has 1 heterocycles. The molecule has 0 amide bonds. The molecule has 0 fully saturated rings. The highest BCUT2D eigenvalue weighted by molar-refractivity contribution is 7.91. The first-order valence-corrected chi connectivity index (χ1v) is 8.69. The molecule has 0 radical (unpaired) electrons. The summed E-state index contributed by atoms with van der Waals surface area (Å²) < 4.78 is 24.9. The zero-order valence-corrected chi connectivity index (χ0v) is 13.0. The normalized spacial score (nSPS) is 11.9. The molecule has 0 spiro atoms. The second kappa shape index (κ2) is 7.65. The van der Waals surface area contributed by atoms with Gasteiger partial charge in [-0.2, -0.15) is 5.10 Å². The summed E-state index contributed by atoms with van der Waals surface area (Å²) in [7, 11) is -2.85. The van der Waals surface area contributed by atoms with Crippen LogP contribution in [-0.4, -0.2) is 42.8 Å². The molecule has 0 aliphatic rings. The third-order valence-electron chi connectivity index (χ3n) is 2.93. The number of sulfone groups is 1. The molecule has 1 rings (SSSR count). The lowest BCUT2D eigenvalue weighted by atomic mass is 10.4. The van der Waals surface area contributed by atoms with Gasteiger partial charge in [-0.25, -0.2) is 8.42 Å². The monoisotopic (exact) mass is 287 g/mol. The van der Waals surface area contributed by atoms with Crippen molar-refractivity contribution in [1.82, 2.24) is 15.1 Å². The first kappa shape index (κ1) is 16.2. The molecule has 110 valence electrons. The van der Waals surface area contributed by atoms with Crippen LogP contribution in [-0.2, 0) is 16.4 Å². The standard InChI is InChI=1S/C13H25N3O2S/c1-4-9-19(17,18)10-7-14-6-5-8-16-13(3)11-12(2)15-16/h11,14H,4-10H2,1-3H3. The average Bonchev–Trinajstić information content (AvgIpc) is 2.62. The van der Waals surface area contributed by atoms with Gasteiger partial charge in [0.15, 0.2) is 9.84 Å². The lowest BCUT2D eigenvalue weighted by Gasteiger charge is -2.07. The Balaban J connectivity index is 2.14. The number of nitrogens with one attached hydrogen (secondary N) is 1. The number of rotatable bonds is 9. The Hall–Kier alpha value is -0.880. The van der Waals surface area contributed by atoms with E-state index in [0.29, 0.717) is 18.7 Å². The molecule has 6 heteroatoms. The number of nitrogens with zero attached hydrogens (tertiary/aromatic N) is 2. The van der Waals surface area contributed by atoms with Gasteiger partial charge in [-0.15, -0.1) is 0 Å². The molecule has 1 N–H and O–H groups in total. The van der Waals surface area contributed by atoms with Gasteiger partial charge >= 0.3 is 0 Å². The predicted molar refractivity (Wildman–Crippen MR) is 78.1 cm³/mol. The van der Waals surface area contributed by atoms with Crippen molar-refractivity contribution in [2.75, 3.05) is 24.6 Å². The minimum atomic E-state index is -2.85. The maximum Gasteiger partial charge on any atom is 0.151 e. The van der Waals surface area contributed by atoms with Crippen molar-refractivity contribution >= 4 is 9.84 Å². The van der Waals surface area contributed by atoms with E-state index in [9.17, 15) is 8.42 Å². The van der Waals surface area contributed by atoms with Crippen molar-refractivity contribution in [2.45, 2.75) is 40.2 Å². The molecule has 0 aromatic carbocycles. The summed E-state index contributed by atoms with van der Waals surface area (Å²) >= 11 is 0. The van der Waals surface area contributed by atoms with E-state index in [1.54, 1.807) is 0 Å². The van der Waals surface area contributed by atoms with E-state index in [-0.39, 0.29) is 5.75 Å². The van der Waals surface area contributed by atoms with Crippen LogP contribution in [0.5, 0.6) is 0 Å². The van der Waals surface area contributed by atoms with Gasteiger partial charge in [-0.05, 0) is 39.3 Å². The van der Waals surface area contributed by atoms with Crippen LogP contribution in [0.1, 0.15) is 31.2 Å². The highest BCUT2D eigenvalue weighted by Gasteiger charge is 2.07. The summed E-state index contributed by atoms with van der Waals surface area (Å²) in [5, 5.41) is 7.56. The first-order chi connectivity index (χ1) is 8.94. The summed E-state index contributed by atoms with van der Waals surface area (Å²) in [5.74, 6) is 0.529. The molecule has 0 aliphatic heterocycles. The minimum absolute atomic E-state index is 0.237. The van der Waals surface area contributed by atoms with Gasteiger partial charge in [0, 0.05) is 24.5 Å². The number of hydrogen-bond acceptors (Lipinski definition) is 4. The quantitative estimate of drug-likeness (QED) is 0.695. The molecule has 19 heavy (non-hydrogen) atoms. The molecule has 1 aromatic heterocycles. The third kappa shape index (κ3) is 6.20. The average molecular weight is 287 g/mol. The fourth-order valence-corrected chi connectivity index (χ4v) is 3.30. The van der Waals surface area contributed by atoms with Crippen LogP contribution in [0.3, 0.4) is 0 Å². The zero-order valence-electron chi connectivity index (χ0n) is 12.1. The topological polar surface area (TPSA) is 64.0 Å². The van der Waals surface area contributed by atoms with Gasteiger partial charge < -0.3 is 5.32 Å². The van der Waals surface area contributed by atoms with E-state index in [2.05, 4.69) is 16.5 Å². The lowest BCUT2D eigenvalue weighted by Crippen LogP contribution is -2.25. The lowest BCUT2D eigenvalue weighted by molar-refractivity contribution is 0.536. The highest BCUT2D eigenvalue weighted by atomic mass is 32.2. The molecule has 1 aromatic rings. The largest absolute Gasteiger partial charge is 0.316 e. The predicted octanol–water partition coefficient (Wildman–Crippen LogP) is 1.30. The molecule has 0 saturated heterocycles. The molecule has 0 bridgehead atoms. The third-order valence-corrected chi connectivity index (χ3v) is 4.79. The summed E-state index contributed by atoms with van der Waals surface area (Å²) in [6, 6.07) is 2.06. The first-order valence-electron chi connectivity index (χ1n) is 6.87. The van der Waals surface area contributed by atoms with E-state index in [1.807, 2.05) is 25.5 Å². The molecule has 0 saturated carbocycles. The molecule has 0 aliphatic carbocycles. The van der Waals surface area contributed by atoms with Crippen molar-refractivity contribution < 1.29 is 8.42 Å². The van der Waals surface area contributed by atoms with E-state index in [0.717, 1.165) is 25.2 Å². The second-order valence-electron chi connectivity index (χ2n) is 4.91. The zero-order chi connectivity index (χ0) is 14.3. The van der Waals surface area contributed by atoms with Crippen LogP contribution in [0.15, 0.2) is 6.07 Å². The Morgan fingerprint density at radius 2 is 2.00 bits per heavy atom. The number of hydrogen-bond donors (Lipinski definition) is 1. The molecule has 0 atom stereocenters. The van der Waals surface area contributed by atoms with E-state index < -0.39 is 9.84 Å². The SMILES string of the molecule is CCCS(=O)(=O)CCNCCCn1nc(C)cc1C. The molecule has 0 unspecified atom stereocenters. The van der Waals surface area contributed by atoms with Gasteiger partial charge in [0.1, 0.15) is 0 Å². The van der Waals surface area contributed by atoms with Crippen molar-refractivity contribution in [1.29, 1.82) is 0 Å². The Kier molecular flexibility index (Phi) is 6.51. The second-order valence-corrected chi connectivity index (χ2v) is 7.21. The van der Waals surface area contributed by atoms with Gasteiger partial charge in [-0.1, -0.05) is 6.92 Å². The van der Waals surface area contributed by atoms with Crippen LogP contribution in [0.2, 0.25) is 0 Å². The van der Waals surface area contributed by atoms with Crippen LogP contribution < -0.4 is 5.32 Å². The Morgan fingerprint density at radius 3 is 2.58 bits per heavy atom. The fraction of sp³-hybridized carbons (Fsp3) is 0.769. The van der Waals surface area contributed by atoms with E-state index >= 15 is 0 Å². The summed E-state index contributed by atoms with van der Waals surface area (Å²) in [6.45, 7) is 8.15. The Bertz CT molecular complexity index is 480. The Labute approximate surface area is 116 Å². The Morgan fingerprint density at radius 1 is 1.26 bits per heavy atom. The summed E-state index contributed by atoms with van der Waals surface area (Å²) in [5.41, 5.74) is 2.21. The van der Waals surface area contributed by atoms with Crippen molar-refractivity contribution in [3.63, 3.8) is 0 Å². The van der Waals surface area contributed by atoms with Crippen LogP contribution in [0.4, 0.5) is 0 Å². The van der Waals surface area contributed by atoms with Crippen molar-refractivity contribution in [2.24, 2.45) is 0 Å². The number of aryl methyl sites for hydroxylation is 3. The summed E-state index contributed by atoms with van der Waals surface area (Å²) in [6.07, 6.45) is 1.65.